The van der Waals surface area contributed by atoms with E-state index >= 15 is 0 Å². The Morgan fingerprint density at radius 1 is 1.37 bits per heavy atom. The number of unbranched alkanes of at least 4 members (excludes halogenated alkanes) is 1. The summed E-state index contributed by atoms with van der Waals surface area (Å²) in [5.41, 5.74) is 0.865. The SMILES string of the molecule is CSc1ccccc1NC(=O)CN(C)CCCCO. The van der Waals surface area contributed by atoms with Crippen LogP contribution < -0.4 is 5.32 Å². The van der Waals surface area contributed by atoms with Gasteiger partial charge in [-0.2, -0.15) is 0 Å². The number of likely N-dealkylation sites (N-methyl/N-ethyl adjacent to an activating group) is 1. The van der Waals surface area contributed by atoms with Gasteiger partial charge < -0.3 is 10.4 Å². The zero-order chi connectivity index (χ0) is 14.1. The van der Waals surface area contributed by atoms with E-state index in [1.54, 1.807) is 11.8 Å². The van der Waals surface area contributed by atoms with Crippen LogP contribution in [0.1, 0.15) is 12.8 Å². The molecule has 0 fully saturated rings. The summed E-state index contributed by atoms with van der Waals surface area (Å²) in [6.07, 6.45) is 3.68. The average Bonchev–Trinajstić information content (AvgIpc) is 2.39. The second-order valence-corrected chi connectivity index (χ2v) is 5.27. The van der Waals surface area contributed by atoms with Crippen LogP contribution in [0.5, 0.6) is 0 Å². The number of hydrogen-bond donors (Lipinski definition) is 2. The van der Waals surface area contributed by atoms with E-state index in [9.17, 15) is 4.79 Å². The number of carbonyl (C=O) groups is 1. The highest BCUT2D eigenvalue weighted by Crippen LogP contribution is 2.24. The molecule has 1 rings (SSSR count). The number of hydrogen-bond acceptors (Lipinski definition) is 4. The first-order valence-corrected chi connectivity index (χ1v) is 7.62. The molecule has 0 aromatic heterocycles. The first-order valence-electron chi connectivity index (χ1n) is 6.39. The highest BCUT2D eigenvalue weighted by atomic mass is 32.2. The lowest BCUT2D eigenvalue weighted by molar-refractivity contribution is -0.117. The maximum Gasteiger partial charge on any atom is 0.238 e. The molecule has 0 heterocycles. The van der Waals surface area contributed by atoms with Crippen molar-refractivity contribution < 1.29 is 9.90 Å². The van der Waals surface area contributed by atoms with Crippen molar-refractivity contribution in [2.45, 2.75) is 17.7 Å². The first-order chi connectivity index (χ1) is 9.17. The molecule has 2 N–H and O–H groups in total. The molecular formula is C14H22N2O2S. The summed E-state index contributed by atoms with van der Waals surface area (Å²) in [5.74, 6) is -0.00648. The van der Waals surface area contributed by atoms with E-state index in [-0.39, 0.29) is 12.5 Å². The van der Waals surface area contributed by atoms with Gasteiger partial charge in [0.1, 0.15) is 0 Å². The highest BCUT2D eigenvalue weighted by molar-refractivity contribution is 7.98. The number of aliphatic hydroxyl groups excluding tert-OH is 1. The summed E-state index contributed by atoms with van der Waals surface area (Å²) >= 11 is 1.62. The van der Waals surface area contributed by atoms with E-state index in [2.05, 4.69) is 5.32 Å². The third-order valence-corrected chi connectivity index (χ3v) is 3.54. The van der Waals surface area contributed by atoms with Crippen LogP contribution in [0, 0.1) is 0 Å². The van der Waals surface area contributed by atoms with Gasteiger partial charge in [-0.3, -0.25) is 9.69 Å². The van der Waals surface area contributed by atoms with Crippen LogP contribution in [0.4, 0.5) is 5.69 Å². The van der Waals surface area contributed by atoms with Crippen molar-refractivity contribution in [3.63, 3.8) is 0 Å². The molecule has 0 aliphatic rings. The van der Waals surface area contributed by atoms with Gasteiger partial charge in [0.25, 0.3) is 0 Å². The van der Waals surface area contributed by atoms with Crippen molar-refractivity contribution >= 4 is 23.4 Å². The molecule has 0 bridgehead atoms. The van der Waals surface area contributed by atoms with Crippen molar-refractivity contribution in [3.05, 3.63) is 24.3 Å². The minimum atomic E-state index is -0.00648. The van der Waals surface area contributed by atoms with Gasteiger partial charge >= 0.3 is 0 Å². The lowest BCUT2D eigenvalue weighted by atomic mass is 10.3. The Hall–Kier alpha value is -1.04. The molecule has 4 nitrogen and oxygen atoms in total. The number of nitrogens with one attached hydrogen (secondary N) is 1. The van der Waals surface area contributed by atoms with Gasteiger partial charge in [-0.15, -0.1) is 11.8 Å². The Morgan fingerprint density at radius 3 is 2.79 bits per heavy atom. The molecule has 0 unspecified atom stereocenters. The predicted molar refractivity (Wildman–Crippen MR) is 80.7 cm³/mol. The smallest absolute Gasteiger partial charge is 0.238 e. The second-order valence-electron chi connectivity index (χ2n) is 4.42. The van der Waals surface area contributed by atoms with Crippen molar-refractivity contribution in [2.75, 3.05) is 38.3 Å². The molecule has 106 valence electrons. The number of benzene rings is 1. The topological polar surface area (TPSA) is 52.6 Å². The van der Waals surface area contributed by atoms with Gasteiger partial charge in [-0.25, -0.2) is 0 Å². The van der Waals surface area contributed by atoms with Gasteiger partial charge in [0, 0.05) is 11.5 Å². The summed E-state index contributed by atoms with van der Waals surface area (Å²) in [5, 5.41) is 11.6. The maximum atomic E-state index is 11.9. The maximum absolute atomic E-state index is 11.9. The van der Waals surface area contributed by atoms with Crippen LogP contribution in [0.15, 0.2) is 29.2 Å². The molecule has 0 saturated carbocycles. The number of nitrogens with zero attached hydrogens (tertiary/aromatic N) is 1. The van der Waals surface area contributed by atoms with Crippen LogP contribution in [0.25, 0.3) is 0 Å². The van der Waals surface area contributed by atoms with E-state index in [4.69, 9.17) is 5.11 Å². The average molecular weight is 282 g/mol. The Balaban J connectivity index is 2.42. The zero-order valence-corrected chi connectivity index (χ0v) is 12.4. The van der Waals surface area contributed by atoms with Crippen molar-refractivity contribution in [2.24, 2.45) is 0 Å². The zero-order valence-electron chi connectivity index (χ0n) is 11.6. The minimum Gasteiger partial charge on any atom is -0.396 e. The van der Waals surface area contributed by atoms with Crippen molar-refractivity contribution in [3.8, 4) is 0 Å². The molecular weight excluding hydrogens is 260 g/mol. The Morgan fingerprint density at radius 2 is 2.11 bits per heavy atom. The molecule has 1 aromatic rings. The molecule has 0 saturated heterocycles. The lowest BCUT2D eigenvalue weighted by Crippen LogP contribution is -2.31. The number of rotatable bonds is 8. The molecule has 1 amide bonds. The fourth-order valence-corrected chi connectivity index (χ4v) is 2.31. The summed E-state index contributed by atoms with van der Waals surface area (Å²) in [7, 11) is 1.91. The molecule has 0 spiro atoms. The van der Waals surface area contributed by atoms with Gasteiger partial charge in [-0.1, -0.05) is 12.1 Å². The van der Waals surface area contributed by atoms with E-state index in [0.717, 1.165) is 30.0 Å². The molecule has 0 radical (unpaired) electrons. The van der Waals surface area contributed by atoms with Gasteiger partial charge in [0.05, 0.1) is 12.2 Å². The van der Waals surface area contributed by atoms with Gasteiger partial charge in [-0.05, 0) is 44.8 Å². The third kappa shape index (κ3) is 6.09. The van der Waals surface area contributed by atoms with Gasteiger partial charge in [0.2, 0.25) is 5.91 Å². The molecule has 0 aliphatic heterocycles. The van der Waals surface area contributed by atoms with Crippen LogP contribution in [-0.4, -0.2) is 48.9 Å². The second kappa shape index (κ2) is 8.96. The summed E-state index contributed by atoms with van der Waals surface area (Å²) in [6, 6.07) is 7.78. The Bertz CT molecular complexity index is 399. The van der Waals surface area contributed by atoms with Crippen molar-refractivity contribution in [1.29, 1.82) is 0 Å². The number of anilines is 1. The molecule has 1 aromatic carbocycles. The molecule has 19 heavy (non-hydrogen) atoms. The van der Waals surface area contributed by atoms with Crippen LogP contribution >= 0.6 is 11.8 Å². The Labute approximate surface area is 119 Å². The standard InChI is InChI=1S/C14H22N2O2S/c1-16(9-5-6-10-17)11-14(18)15-12-7-3-4-8-13(12)19-2/h3-4,7-8,17H,5-6,9-11H2,1-2H3,(H,15,18). The fraction of sp³-hybridized carbons (Fsp3) is 0.500. The quantitative estimate of drug-likeness (QED) is 0.566. The molecule has 0 aliphatic carbocycles. The molecule has 5 heteroatoms. The number of carbonyl (C=O) groups excluding carboxylic acids is 1. The minimum absolute atomic E-state index is 0.00648. The third-order valence-electron chi connectivity index (χ3n) is 2.74. The molecule has 0 atom stereocenters. The summed E-state index contributed by atoms with van der Waals surface area (Å²) in [4.78, 5) is 14.9. The van der Waals surface area contributed by atoms with E-state index < -0.39 is 0 Å². The van der Waals surface area contributed by atoms with Gasteiger partial charge in [0.15, 0.2) is 0 Å². The number of aliphatic hydroxyl groups is 1. The number of para-hydroxylation sites is 1. The van der Waals surface area contributed by atoms with Crippen molar-refractivity contribution in [1.82, 2.24) is 4.90 Å². The number of amides is 1. The van der Waals surface area contributed by atoms with Crippen LogP contribution in [-0.2, 0) is 4.79 Å². The summed E-state index contributed by atoms with van der Waals surface area (Å²) < 4.78 is 0. The number of thioether (sulfide) groups is 1. The van der Waals surface area contributed by atoms with Crippen LogP contribution in [0.3, 0.4) is 0 Å². The summed E-state index contributed by atoms with van der Waals surface area (Å²) in [6.45, 7) is 1.40. The normalized spacial score (nSPS) is 10.7. The van der Waals surface area contributed by atoms with E-state index in [1.807, 2.05) is 42.5 Å². The monoisotopic (exact) mass is 282 g/mol. The predicted octanol–water partition coefficient (Wildman–Crippen LogP) is 2.05. The van der Waals surface area contributed by atoms with Crippen LogP contribution in [0.2, 0.25) is 0 Å². The first kappa shape index (κ1) is 16.0. The fourth-order valence-electron chi connectivity index (χ4n) is 1.76. The van der Waals surface area contributed by atoms with E-state index in [1.165, 1.54) is 0 Å². The van der Waals surface area contributed by atoms with E-state index in [0.29, 0.717) is 6.54 Å². The largest absolute Gasteiger partial charge is 0.396 e. The lowest BCUT2D eigenvalue weighted by Gasteiger charge is -2.16. The Kier molecular flexibility index (Phi) is 7.55. The highest BCUT2D eigenvalue weighted by Gasteiger charge is 2.08.